The van der Waals surface area contributed by atoms with E-state index in [1.807, 2.05) is 19.4 Å². The number of rotatable bonds is 6. The highest BCUT2D eigenvalue weighted by Gasteiger charge is 2.23. The van der Waals surface area contributed by atoms with Crippen molar-refractivity contribution in [2.75, 3.05) is 31.6 Å². The Hall–Kier alpha value is -2.29. The maximum atomic E-state index is 4.45. The van der Waals surface area contributed by atoms with Gasteiger partial charge in [0.15, 0.2) is 5.96 Å². The SMILES string of the molecule is CN=C(NCCCn1cnc2ccccc21)NC1CCN(c2ccccc2)C1.I. The van der Waals surface area contributed by atoms with Gasteiger partial charge >= 0.3 is 0 Å². The predicted octanol–water partition coefficient (Wildman–Crippen LogP) is 3.49. The van der Waals surface area contributed by atoms with E-state index < -0.39 is 0 Å². The van der Waals surface area contributed by atoms with Crippen molar-refractivity contribution in [3.63, 3.8) is 0 Å². The van der Waals surface area contributed by atoms with Crippen molar-refractivity contribution in [2.45, 2.75) is 25.4 Å². The molecule has 0 bridgehead atoms. The molecular weight excluding hydrogens is 475 g/mol. The third-order valence-corrected chi connectivity index (χ3v) is 5.27. The minimum atomic E-state index is 0. The van der Waals surface area contributed by atoms with Crippen LogP contribution in [0.15, 0.2) is 65.9 Å². The fourth-order valence-electron chi connectivity index (χ4n) is 3.78. The maximum Gasteiger partial charge on any atom is 0.191 e. The van der Waals surface area contributed by atoms with Gasteiger partial charge in [-0.3, -0.25) is 4.99 Å². The normalized spacial score (nSPS) is 16.7. The van der Waals surface area contributed by atoms with E-state index in [0.717, 1.165) is 50.5 Å². The largest absolute Gasteiger partial charge is 0.369 e. The van der Waals surface area contributed by atoms with Crippen LogP contribution in [0, 0.1) is 0 Å². The van der Waals surface area contributed by atoms with Crippen LogP contribution in [-0.4, -0.2) is 48.2 Å². The number of benzene rings is 2. The highest BCUT2D eigenvalue weighted by molar-refractivity contribution is 14.0. The summed E-state index contributed by atoms with van der Waals surface area (Å²) >= 11 is 0. The molecule has 29 heavy (non-hydrogen) atoms. The molecule has 1 aliphatic heterocycles. The van der Waals surface area contributed by atoms with Crippen LogP contribution in [-0.2, 0) is 6.54 Å². The van der Waals surface area contributed by atoms with Crippen LogP contribution < -0.4 is 15.5 Å². The lowest BCUT2D eigenvalue weighted by molar-refractivity contribution is 0.616. The van der Waals surface area contributed by atoms with Gasteiger partial charge in [0, 0.05) is 45.0 Å². The smallest absolute Gasteiger partial charge is 0.191 e. The van der Waals surface area contributed by atoms with Gasteiger partial charge < -0.3 is 20.1 Å². The van der Waals surface area contributed by atoms with E-state index in [1.54, 1.807) is 0 Å². The average molecular weight is 504 g/mol. The van der Waals surface area contributed by atoms with Crippen LogP contribution >= 0.6 is 24.0 Å². The number of aryl methyl sites for hydroxylation is 1. The Bertz CT molecular complexity index is 923. The molecule has 0 radical (unpaired) electrons. The van der Waals surface area contributed by atoms with Crippen molar-refractivity contribution in [3.05, 3.63) is 60.9 Å². The molecule has 0 aliphatic carbocycles. The van der Waals surface area contributed by atoms with Gasteiger partial charge in [0.25, 0.3) is 0 Å². The van der Waals surface area contributed by atoms with Crippen LogP contribution in [0.25, 0.3) is 11.0 Å². The average Bonchev–Trinajstić information content (AvgIpc) is 3.38. The quantitative estimate of drug-likeness (QED) is 0.234. The second kappa shape index (κ2) is 10.5. The molecule has 1 saturated heterocycles. The molecule has 1 aliphatic rings. The zero-order valence-corrected chi connectivity index (χ0v) is 19.1. The van der Waals surface area contributed by atoms with Crippen molar-refractivity contribution in [2.24, 2.45) is 4.99 Å². The van der Waals surface area contributed by atoms with E-state index >= 15 is 0 Å². The number of para-hydroxylation sites is 3. The van der Waals surface area contributed by atoms with Gasteiger partial charge in [-0.15, -0.1) is 24.0 Å². The van der Waals surface area contributed by atoms with Gasteiger partial charge in [0.1, 0.15) is 0 Å². The van der Waals surface area contributed by atoms with Gasteiger partial charge in [0.2, 0.25) is 0 Å². The molecule has 2 N–H and O–H groups in total. The molecule has 0 spiro atoms. The number of guanidine groups is 1. The number of hydrogen-bond acceptors (Lipinski definition) is 3. The number of anilines is 1. The molecular formula is C22H29IN6. The van der Waals surface area contributed by atoms with E-state index in [1.165, 1.54) is 11.2 Å². The van der Waals surface area contributed by atoms with Crippen molar-refractivity contribution in [3.8, 4) is 0 Å². The van der Waals surface area contributed by atoms with E-state index in [0.29, 0.717) is 6.04 Å². The minimum Gasteiger partial charge on any atom is -0.369 e. The standard InChI is InChI=1S/C22H28N6.HI/c1-23-22(26-18-12-15-27(16-18)19-8-3-2-4-9-19)24-13-7-14-28-17-25-20-10-5-6-11-21(20)28;/h2-6,8-11,17-18H,7,12-16H2,1H3,(H2,23,24,26);1H. The fourth-order valence-corrected chi connectivity index (χ4v) is 3.78. The Morgan fingerprint density at radius 1 is 1.14 bits per heavy atom. The highest BCUT2D eigenvalue weighted by atomic mass is 127. The molecule has 0 amide bonds. The number of fused-ring (bicyclic) bond motifs is 1. The molecule has 3 aromatic rings. The summed E-state index contributed by atoms with van der Waals surface area (Å²) in [6.45, 7) is 3.90. The first-order chi connectivity index (χ1) is 13.8. The molecule has 1 atom stereocenters. The van der Waals surface area contributed by atoms with Gasteiger partial charge in [-0.25, -0.2) is 4.98 Å². The predicted molar refractivity (Wildman–Crippen MR) is 131 cm³/mol. The lowest BCUT2D eigenvalue weighted by Crippen LogP contribution is -2.45. The molecule has 4 rings (SSSR count). The third-order valence-electron chi connectivity index (χ3n) is 5.27. The lowest BCUT2D eigenvalue weighted by atomic mass is 10.2. The molecule has 154 valence electrons. The number of nitrogens with zero attached hydrogens (tertiary/aromatic N) is 4. The molecule has 2 heterocycles. The Kier molecular flexibility index (Phi) is 7.74. The number of aromatic nitrogens is 2. The Labute approximate surface area is 189 Å². The van der Waals surface area contributed by atoms with Crippen LogP contribution in [0.3, 0.4) is 0 Å². The minimum absolute atomic E-state index is 0. The molecule has 6 nitrogen and oxygen atoms in total. The number of hydrogen-bond donors (Lipinski definition) is 2. The van der Waals surface area contributed by atoms with E-state index in [-0.39, 0.29) is 24.0 Å². The number of aliphatic imine (C=N–C) groups is 1. The first-order valence-corrected chi connectivity index (χ1v) is 10.0. The molecule has 0 saturated carbocycles. The van der Waals surface area contributed by atoms with Crippen LogP contribution in [0.4, 0.5) is 5.69 Å². The van der Waals surface area contributed by atoms with E-state index in [4.69, 9.17) is 0 Å². The van der Waals surface area contributed by atoms with Gasteiger partial charge in [-0.05, 0) is 37.1 Å². The van der Waals surface area contributed by atoms with Crippen molar-refractivity contribution in [1.29, 1.82) is 0 Å². The van der Waals surface area contributed by atoms with Crippen LogP contribution in [0.1, 0.15) is 12.8 Å². The summed E-state index contributed by atoms with van der Waals surface area (Å²) in [5.41, 5.74) is 3.54. The maximum absolute atomic E-state index is 4.45. The molecule has 7 heteroatoms. The van der Waals surface area contributed by atoms with Crippen molar-refractivity contribution < 1.29 is 0 Å². The Morgan fingerprint density at radius 2 is 1.93 bits per heavy atom. The lowest BCUT2D eigenvalue weighted by Gasteiger charge is -2.20. The summed E-state index contributed by atoms with van der Waals surface area (Å²) < 4.78 is 2.21. The van der Waals surface area contributed by atoms with E-state index in [2.05, 4.69) is 78.6 Å². The summed E-state index contributed by atoms with van der Waals surface area (Å²) in [5.74, 6) is 0.885. The van der Waals surface area contributed by atoms with Gasteiger partial charge in [-0.2, -0.15) is 0 Å². The van der Waals surface area contributed by atoms with Crippen molar-refractivity contribution >= 4 is 46.7 Å². The molecule has 2 aromatic carbocycles. The summed E-state index contributed by atoms with van der Waals surface area (Å²) in [6, 6.07) is 19.3. The number of imidazole rings is 1. The molecule has 1 unspecified atom stereocenters. The topological polar surface area (TPSA) is 57.5 Å². The third kappa shape index (κ3) is 5.41. The van der Waals surface area contributed by atoms with Gasteiger partial charge in [0.05, 0.1) is 17.4 Å². The summed E-state index contributed by atoms with van der Waals surface area (Å²) in [5, 5.41) is 7.01. The van der Waals surface area contributed by atoms with Gasteiger partial charge in [-0.1, -0.05) is 30.3 Å². The fraction of sp³-hybridized carbons (Fsp3) is 0.364. The second-order valence-corrected chi connectivity index (χ2v) is 7.19. The number of nitrogens with one attached hydrogen (secondary N) is 2. The van der Waals surface area contributed by atoms with Crippen LogP contribution in [0.2, 0.25) is 0 Å². The Morgan fingerprint density at radius 3 is 2.76 bits per heavy atom. The van der Waals surface area contributed by atoms with Crippen LogP contribution in [0.5, 0.6) is 0 Å². The number of halogens is 1. The van der Waals surface area contributed by atoms with Crippen molar-refractivity contribution in [1.82, 2.24) is 20.2 Å². The zero-order valence-electron chi connectivity index (χ0n) is 16.8. The summed E-state index contributed by atoms with van der Waals surface area (Å²) in [6.07, 6.45) is 4.06. The first-order valence-electron chi connectivity index (χ1n) is 10.0. The highest BCUT2D eigenvalue weighted by Crippen LogP contribution is 2.19. The second-order valence-electron chi connectivity index (χ2n) is 7.19. The molecule has 1 fully saturated rings. The Balaban J connectivity index is 0.00000240. The zero-order chi connectivity index (χ0) is 19.2. The monoisotopic (exact) mass is 504 g/mol. The summed E-state index contributed by atoms with van der Waals surface area (Å²) in [7, 11) is 1.84. The first kappa shape index (κ1) is 21.4. The summed E-state index contributed by atoms with van der Waals surface area (Å²) in [4.78, 5) is 11.3. The molecule has 1 aromatic heterocycles. The van der Waals surface area contributed by atoms with E-state index in [9.17, 15) is 0 Å².